The normalized spacial score (nSPS) is 24.0. The number of alkyl halides is 3. The number of methoxy groups -OCH3 is 1. The molecule has 4 atom stereocenters. The van der Waals surface area contributed by atoms with Gasteiger partial charge in [0.25, 0.3) is 0 Å². The lowest BCUT2D eigenvalue weighted by molar-refractivity contribution is -0.139. The number of pyridine rings is 1. The molecule has 0 radical (unpaired) electrons. The van der Waals surface area contributed by atoms with E-state index in [1.807, 2.05) is 24.3 Å². The first-order chi connectivity index (χ1) is 17.7. The van der Waals surface area contributed by atoms with Crippen LogP contribution in [0.1, 0.15) is 52.2 Å². The third-order valence-corrected chi connectivity index (χ3v) is 7.60. The quantitative estimate of drug-likeness (QED) is 0.442. The van der Waals surface area contributed by atoms with Gasteiger partial charge in [-0.15, -0.1) is 0 Å². The van der Waals surface area contributed by atoms with Crippen LogP contribution in [0.25, 0.3) is 0 Å². The van der Waals surface area contributed by atoms with Gasteiger partial charge >= 0.3 is 6.18 Å². The van der Waals surface area contributed by atoms with Gasteiger partial charge in [0.05, 0.1) is 35.2 Å². The van der Waals surface area contributed by atoms with E-state index in [9.17, 15) is 22.8 Å². The monoisotopic (exact) mass is 528 g/mol. The zero-order chi connectivity index (χ0) is 26.3. The molecule has 2 aliphatic rings. The van der Waals surface area contributed by atoms with E-state index in [0.717, 1.165) is 23.6 Å². The summed E-state index contributed by atoms with van der Waals surface area (Å²) in [5.74, 6) is -2.68. The maximum absolute atomic E-state index is 14.2. The van der Waals surface area contributed by atoms with Gasteiger partial charge in [-0.3, -0.25) is 14.6 Å². The zero-order valence-electron chi connectivity index (χ0n) is 19.9. The Morgan fingerprint density at radius 1 is 1.05 bits per heavy atom. The summed E-state index contributed by atoms with van der Waals surface area (Å²) in [5, 5.41) is 3.08. The van der Waals surface area contributed by atoms with Crippen molar-refractivity contribution >= 4 is 23.2 Å². The van der Waals surface area contributed by atoms with Gasteiger partial charge in [-0.1, -0.05) is 48.0 Å². The second kappa shape index (κ2) is 9.91. The lowest BCUT2D eigenvalue weighted by atomic mass is 9.65. The number of rotatable bonds is 4. The third kappa shape index (κ3) is 4.76. The molecule has 0 amide bonds. The predicted molar refractivity (Wildman–Crippen MR) is 132 cm³/mol. The number of ether oxygens (including phenoxy) is 1. The molecule has 0 unspecified atom stereocenters. The number of fused-ring (bicyclic) bond motifs is 1. The highest BCUT2D eigenvalue weighted by atomic mass is 35.5. The maximum atomic E-state index is 14.2. The number of carbonyl (C=O) groups excluding carboxylic acids is 2. The Hall–Kier alpha value is -3.23. The van der Waals surface area contributed by atoms with E-state index in [4.69, 9.17) is 16.3 Å². The summed E-state index contributed by atoms with van der Waals surface area (Å²) in [7, 11) is 1.52. The van der Waals surface area contributed by atoms with E-state index >= 15 is 0 Å². The van der Waals surface area contributed by atoms with Gasteiger partial charge in [0.1, 0.15) is 11.5 Å². The number of nitrogens with one attached hydrogen (secondary N) is 1. The first-order valence-corrected chi connectivity index (χ1v) is 12.3. The van der Waals surface area contributed by atoms with E-state index in [-0.39, 0.29) is 22.9 Å². The Balaban J connectivity index is 1.60. The molecule has 1 aromatic heterocycles. The Bertz CT molecular complexity index is 1340. The van der Waals surface area contributed by atoms with Crippen LogP contribution >= 0.6 is 11.6 Å². The Kier molecular flexibility index (Phi) is 6.81. The summed E-state index contributed by atoms with van der Waals surface area (Å²) in [4.78, 5) is 31.8. The molecule has 192 valence electrons. The lowest BCUT2D eigenvalue weighted by Crippen LogP contribution is -2.47. The first kappa shape index (κ1) is 25.4. The molecule has 0 spiro atoms. The molecule has 5 nitrogen and oxygen atoms in total. The summed E-state index contributed by atoms with van der Waals surface area (Å²) in [6.07, 6.45) is -3.15. The summed E-state index contributed by atoms with van der Waals surface area (Å²) in [5.41, 5.74) is 1.67. The van der Waals surface area contributed by atoms with Crippen molar-refractivity contribution in [2.45, 2.75) is 36.9 Å². The van der Waals surface area contributed by atoms with Gasteiger partial charge in [0, 0.05) is 24.6 Å². The number of aromatic nitrogens is 1. The largest absolute Gasteiger partial charge is 0.497 e. The van der Waals surface area contributed by atoms with Crippen molar-refractivity contribution < 1.29 is 27.5 Å². The van der Waals surface area contributed by atoms with Crippen molar-refractivity contribution in [1.29, 1.82) is 0 Å². The molecule has 2 heterocycles. The highest BCUT2D eigenvalue weighted by Gasteiger charge is 2.50. The van der Waals surface area contributed by atoms with E-state index < -0.39 is 41.3 Å². The molecule has 2 aromatic carbocycles. The van der Waals surface area contributed by atoms with E-state index in [1.165, 1.54) is 7.11 Å². The SMILES string of the molecule is COc1ccc([C@@H]2CC(=O)[C@@H]([C@@H]3NCCc4ccccc43)C(=O)[C@@H]2c2ncc(C(F)(F)F)cc2Cl)cc1. The average Bonchev–Trinajstić information content (AvgIpc) is 2.88. The maximum Gasteiger partial charge on any atom is 0.417 e. The fraction of sp³-hybridized carbons (Fsp3) is 0.321. The minimum atomic E-state index is -4.63. The van der Waals surface area contributed by atoms with Crippen molar-refractivity contribution in [3.8, 4) is 5.75 Å². The van der Waals surface area contributed by atoms with Crippen LogP contribution in [0.15, 0.2) is 60.8 Å². The molecule has 0 bridgehead atoms. The van der Waals surface area contributed by atoms with Crippen LogP contribution in [0, 0.1) is 5.92 Å². The van der Waals surface area contributed by atoms with Gasteiger partial charge < -0.3 is 10.1 Å². The second-order valence-electron chi connectivity index (χ2n) is 9.38. The molecule has 3 aromatic rings. The number of halogens is 4. The number of nitrogens with zero attached hydrogens (tertiary/aromatic N) is 1. The van der Waals surface area contributed by atoms with Crippen LogP contribution in [0.2, 0.25) is 5.02 Å². The van der Waals surface area contributed by atoms with Crippen molar-refractivity contribution in [2.24, 2.45) is 5.92 Å². The van der Waals surface area contributed by atoms with E-state index in [0.29, 0.717) is 24.1 Å². The third-order valence-electron chi connectivity index (χ3n) is 7.30. The highest BCUT2D eigenvalue weighted by molar-refractivity contribution is 6.31. The van der Waals surface area contributed by atoms with Gasteiger partial charge in [0.15, 0.2) is 5.78 Å². The highest BCUT2D eigenvalue weighted by Crippen LogP contribution is 2.48. The lowest BCUT2D eigenvalue weighted by Gasteiger charge is -2.39. The summed E-state index contributed by atoms with van der Waals surface area (Å²) < 4.78 is 45.1. The zero-order valence-corrected chi connectivity index (χ0v) is 20.6. The molecule has 1 aliphatic carbocycles. The topological polar surface area (TPSA) is 68.3 Å². The fourth-order valence-electron chi connectivity index (χ4n) is 5.52. The molecule has 9 heteroatoms. The van der Waals surface area contributed by atoms with Crippen LogP contribution in [0.3, 0.4) is 0 Å². The molecule has 5 rings (SSSR count). The van der Waals surface area contributed by atoms with Gasteiger partial charge in [-0.25, -0.2) is 0 Å². The van der Waals surface area contributed by atoms with Gasteiger partial charge in [0.2, 0.25) is 0 Å². The van der Waals surface area contributed by atoms with Crippen molar-refractivity contribution in [3.05, 3.63) is 93.8 Å². The molecule has 0 saturated heterocycles. The minimum absolute atomic E-state index is 0.0206. The number of Topliss-reactive ketones (excluding diaryl/α,β-unsaturated/α-hetero) is 2. The Morgan fingerprint density at radius 2 is 1.78 bits per heavy atom. The van der Waals surface area contributed by atoms with E-state index in [1.54, 1.807) is 24.3 Å². The molecule has 1 fully saturated rings. The Labute approximate surface area is 217 Å². The van der Waals surface area contributed by atoms with Crippen molar-refractivity contribution in [3.63, 3.8) is 0 Å². The Morgan fingerprint density at radius 3 is 2.46 bits per heavy atom. The number of ketones is 2. The summed E-state index contributed by atoms with van der Waals surface area (Å²) in [6.45, 7) is 0.602. The van der Waals surface area contributed by atoms with Crippen LogP contribution in [-0.2, 0) is 22.2 Å². The van der Waals surface area contributed by atoms with E-state index in [2.05, 4.69) is 10.3 Å². The second-order valence-corrected chi connectivity index (χ2v) is 9.78. The van der Waals surface area contributed by atoms with Gasteiger partial charge in [-0.2, -0.15) is 13.2 Å². The first-order valence-electron chi connectivity index (χ1n) is 11.9. The fourth-order valence-corrected chi connectivity index (χ4v) is 5.80. The molecule has 1 aliphatic heterocycles. The smallest absolute Gasteiger partial charge is 0.417 e. The number of hydrogen-bond acceptors (Lipinski definition) is 5. The summed E-state index contributed by atoms with van der Waals surface area (Å²) in [6, 6.07) is 14.9. The number of carbonyl (C=O) groups is 2. The minimum Gasteiger partial charge on any atom is -0.497 e. The summed E-state index contributed by atoms with van der Waals surface area (Å²) >= 11 is 6.35. The van der Waals surface area contributed by atoms with Crippen molar-refractivity contribution in [2.75, 3.05) is 13.7 Å². The van der Waals surface area contributed by atoms with Crippen molar-refractivity contribution in [1.82, 2.24) is 10.3 Å². The molecule has 1 saturated carbocycles. The average molecular weight is 529 g/mol. The standard InChI is InChI=1S/C28H24ClF3N2O3/c1-37-18-8-6-16(7-9-18)20-13-22(35)24(25-19-5-3-2-4-15(19)10-11-33-25)27(36)23(20)26-21(29)12-17(14-34-26)28(30,31)32/h2-9,12,14,20,23-25,33H,10-11,13H2,1H3/t20-,23-,24-,25+/m0/s1. The number of hydrogen-bond donors (Lipinski definition) is 1. The molecular weight excluding hydrogens is 505 g/mol. The molecule has 37 heavy (non-hydrogen) atoms. The van der Waals surface area contributed by atoms with Gasteiger partial charge in [-0.05, 0) is 47.9 Å². The molecular formula is C28H24ClF3N2O3. The van der Waals surface area contributed by atoms with Crippen LogP contribution in [0.5, 0.6) is 5.75 Å². The van der Waals surface area contributed by atoms with Crippen LogP contribution < -0.4 is 10.1 Å². The number of benzene rings is 2. The van der Waals surface area contributed by atoms with Crippen LogP contribution in [0.4, 0.5) is 13.2 Å². The predicted octanol–water partition coefficient (Wildman–Crippen LogP) is 5.67. The molecule has 1 N–H and O–H groups in total. The van der Waals surface area contributed by atoms with Crippen LogP contribution in [-0.4, -0.2) is 30.2 Å².